The molecule has 0 aliphatic heterocycles. The molecule has 1 saturated carbocycles. The molecular weight excluding hydrogens is 444 g/mol. The maximum atomic E-state index is 12.0. The first-order valence-corrected chi connectivity index (χ1v) is 12.9. The largest absolute Gasteiger partial charge is 0.494 e. The third-order valence-corrected chi connectivity index (χ3v) is 6.45. The molecular formula is C29H38O6. The van der Waals surface area contributed by atoms with Crippen molar-refractivity contribution in [2.75, 3.05) is 19.8 Å². The van der Waals surface area contributed by atoms with Crippen molar-refractivity contribution >= 4 is 11.9 Å². The second-order valence-corrected chi connectivity index (χ2v) is 9.20. The average molecular weight is 483 g/mol. The Hall–Kier alpha value is -3.02. The number of carboxylic acid groups (broad SMARTS) is 1. The van der Waals surface area contributed by atoms with Gasteiger partial charge in [-0.25, -0.2) is 4.79 Å². The van der Waals surface area contributed by atoms with Gasteiger partial charge in [0.1, 0.15) is 11.5 Å². The molecule has 0 atom stereocenters. The fourth-order valence-corrected chi connectivity index (χ4v) is 4.61. The van der Waals surface area contributed by atoms with E-state index in [1.165, 1.54) is 50.2 Å². The highest BCUT2D eigenvalue weighted by Crippen LogP contribution is 2.27. The monoisotopic (exact) mass is 482 g/mol. The van der Waals surface area contributed by atoms with E-state index < -0.39 is 11.9 Å². The first-order chi connectivity index (χ1) is 17.0. The van der Waals surface area contributed by atoms with Gasteiger partial charge in [-0.1, -0.05) is 44.2 Å². The van der Waals surface area contributed by atoms with E-state index in [1.54, 1.807) is 19.1 Å². The lowest BCUT2D eigenvalue weighted by atomic mass is 9.86. The molecule has 0 radical (unpaired) electrons. The standard InChI is InChI=1S/C29H38O6/c1-2-33-29(32)24-14-17-27(25(20-24)21-28(30)31)35-19-7-11-23-12-15-26(16-13-23)34-18-6-10-22-8-4-3-5-9-22/h12-17,20,22H,2-11,18-19,21H2,1H3,(H,30,31). The van der Waals surface area contributed by atoms with Crippen LogP contribution < -0.4 is 9.47 Å². The number of hydrogen-bond acceptors (Lipinski definition) is 5. The summed E-state index contributed by atoms with van der Waals surface area (Å²) in [7, 11) is 0. The van der Waals surface area contributed by atoms with Crippen molar-refractivity contribution in [3.63, 3.8) is 0 Å². The topological polar surface area (TPSA) is 82.1 Å². The van der Waals surface area contributed by atoms with Gasteiger partial charge in [-0.3, -0.25) is 4.79 Å². The van der Waals surface area contributed by atoms with Crippen molar-refractivity contribution in [3.8, 4) is 11.5 Å². The third-order valence-electron chi connectivity index (χ3n) is 6.45. The second-order valence-electron chi connectivity index (χ2n) is 9.20. The number of benzene rings is 2. The second kappa shape index (κ2) is 14.4. The van der Waals surface area contributed by atoms with Crippen molar-refractivity contribution in [3.05, 3.63) is 59.2 Å². The van der Waals surface area contributed by atoms with Crippen LogP contribution in [0.25, 0.3) is 0 Å². The van der Waals surface area contributed by atoms with E-state index in [4.69, 9.17) is 14.2 Å². The Kier molecular flexibility index (Phi) is 10.9. The molecule has 6 nitrogen and oxygen atoms in total. The number of aliphatic carboxylic acids is 1. The Morgan fingerprint density at radius 1 is 0.943 bits per heavy atom. The van der Waals surface area contributed by atoms with E-state index in [0.29, 0.717) is 23.5 Å². The fraction of sp³-hybridized carbons (Fsp3) is 0.517. The number of carbonyl (C=O) groups is 2. The van der Waals surface area contributed by atoms with Crippen LogP contribution in [0.4, 0.5) is 0 Å². The minimum atomic E-state index is -0.979. The smallest absolute Gasteiger partial charge is 0.338 e. The van der Waals surface area contributed by atoms with E-state index in [0.717, 1.165) is 37.5 Å². The number of rotatable bonds is 14. The van der Waals surface area contributed by atoms with Gasteiger partial charge < -0.3 is 19.3 Å². The number of esters is 1. The van der Waals surface area contributed by atoms with Gasteiger partial charge in [0, 0.05) is 5.56 Å². The molecule has 3 rings (SSSR count). The van der Waals surface area contributed by atoms with Crippen molar-refractivity contribution < 1.29 is 28.9 Å². The van der Waals surface area contributed by atoms with Crippen molar-refractivity contribution in [2.45, 2.75) is 71.1 Å². The summed E-state index contributed by atoms with van der Waals surface area (Å²) in [5, 5.41) is 9.21. The van der Waals surface area contributed by atoms with Crippen LogP contribution in [0.5, 0.6) is 11.5 Å². The maximum absolute atomic E-state index is 12.0. The maximum Gasteiger partial charge on any atom is 0.338 e. The van der Waals surface area contributed by atoms with Gasteiger partial charge >= 0.3 is 11.9 Å². The number of hydrogen-bond donors (Lipinski definition) is 1. The molecule has 0 heterocycles. The van der Waals surface area contributed by atoms with Crippen molar-refractivity contribution in [1.82, 2.24) is 0 Å². The highest BCUT2D eigenvalue weighted by molar-refractivity contribution is 5.90. The lowest BCUT2D eigenvalue weighted by molar-refractivity contribution is -0.136. The predicted molar refractivity (Wildman–Crippen MR) is 135 cm³/mol. The molecule has 2 aromatic rings. The number of carboxylic acids is 1. The van der Waals surface area contributed by atoms with Crippen molar-refractivity contribution in [2.24, 2.45) is 5.92 Å². The Balaban J connectivity index is 1.40. The lowest BCUT2D eigenvalue weighted by Crippen LogP contribution is -2.09. The Morgan fingerprint density at radius 3 is 2.40 bits per heavy atom. The van der Waals surface area contributed by atoms with Crippen LogP contribution in [0.1, 0.15) is 79.8 Å². The molecule has 0 unspecified atom stereocenters. The average Bonchev–Trinajstić information content (AvgIpc) is 2.86. The van der Waals surface area contributed by atoms with Crippen LogP contribution >= 0.6 is 0 Å². The van der Waals surface area contributed by atoms with Gasteiger partial charge in [0.15, 0.2) is 0 Å². The molecule has 35 heavy (non-hydrogen) atoms. The normalized spacial score (nSPS) is 13.9. The Morgan fingerprint density at radius 2 is 1.69 bits per heavy atom. The van der Waals surface area contributed by atoms with Gasteiger partial charge in [-0.05, 0) is 74.4 Å². The summed E-state index contributed by atoms with van der Waals surface area (Å²) >= 11 is 0. The van der Waals surface area contributed by atoms with E-state index >= 15 is 0 Å². The minimum absolute atomic E-state index is 0.218. The van der Waals surface area contributed by atoms with Gasteiger partial charge in [0.2, 0.25) is 0 Å². The zero-order valence-electron chi connectivity index (χ0n) is 20.8. The molecule has 0 aromatic heterocycles. The molecule has 190 valence electrons. The summed E-state index contributed by atoms with van der Waals surface area (Å²) in [6, 6.07) is 13.0. The molecule has 0 amide bonds. The van der Waals surface area contributed by atoms with Crippen LogP contribution in [0, 0.1) is 5.92 Å². The molecule has 1 aliphatic rings. The van der Waals surface area contributed by atoms with Gasteiger partial charge in [0.25, 0.3) is 0 Å². The lowest BCUT2D eigenvalue weighted by Gasteiger charge is -2.21. The zero-order chi connectivity index (χ0) is 24.9. The zero-order valence-corrected chi connectivity index (χ0v) is 20.8. The van der Waals surface area contributed by atoms with E-state index in [2.05, 4.69) is 12.1 Å². The quantitative estimate of drug-likeness (QED) is 0.253. The van der Waals surface area contributed by atoms with Crippen molar-refractivity contribution in [1.29, 1.82) is 0 Å². The summed E-state index contributed by atoms with van der Waals surface area (Å²) in [5.41, 5.74) is 1.99. The summed E-state index contributed by atoms with van der Waals surface area (Å²) < 4.78 is 16.8. The van der Waals surface area contributed by atoms with Crippen LogP contribution in [0.3, 0.4) is 0 Å². The Bertz CT molecular complexity index is 931. The van der Waals surface area contributed by atoms with Gasteiger partial charge in [-0.15, -0.1) is 0 Å². The highest BCUT2D eigenvalue weighted by Gasteiger charge is 2.14. The summed E-state index contributed by atoms with van der Waals surface area (Å²) in [6.45, 7) is 3.22. The fourth-order valence-electron chi connectivity index (χ4n) is 4.61. The highest BCUT2D eigenvalue weighted by atomic mass is 16.5. The SMILES string of the molecule is CCOC(=O)c1ccc(OCCCc2ccc(OCCCC3CCCCC3)cc2)c(CC(=O)O)c1. The summed E-state index contributed by atoms with van der Waals surface area (Å²) in [5.74, 6) is 0.841. The van der Waals surface area contributed by atoms with E-state index in [-0.39, 0.29) is 13.0 Å². The molecule has 1 N–H and O–H groups in total. The Labute approximate surface area is 208 Å². The first-order valence-electron chi connectivity index (χ1n) is 12.9. The molecule has 2 aromatic carbocycles. The molecule has 1 fully saturated rings. The molecule has 0 saturated heterocycles. The molecule has 6 heteroatoms. The van der Waals surface area contributed by atoms with Gasteiger partial charge in [0.05, 0.1) is 31.8 Å². The minimum Gasteiger partial charge on any atom is -0.494 e. The molecule has 1 aliphatic carbocycles. The number of aryl methyl sites for hydroxylation is 1. The summed E-state index contributed by atoms with van der Waals surface area (Å²) in [6.07, 6.45) is 10.8. The van der Waals surface area contributed by atoms with Crippen LogP contribution in [0.2, 0.25) is 0 Å². The van der Waals surface area contributed by atoms with Gasteiger partial charge in [-0.2, -0.15) is 0 Å². The van der Waals surface area contributed by atoms with Crippen LogP contribution in [0.15, 0.2) is 42.5 Å². The van der Waals surface area contributed by atoms with E-state index in [9.17, 15) is 14.7 Å². The van der Waals surface area contributed by atoms with Crippen LogP contribution in [-0.4, -0.2) is 36.9 Å². The third kappa shape index (κ3) is 9.27. The summed E-state index contributed by atoms with van der Waals surface area (Å²) in [4.78, 5) is 23.2. The first kappa shape index (κ1) is 26.6. The van der Waals surface area contributed by atoms with Crippen LogP contribution in [-0.2, 0) is 22.4 Å². The number of ether oxygens (including phenoxy) is 3. The molecule has 0 bridgehead atoms. The van der Waals surface area contributed by atoms with E-state index in [1.807, 2.05) is 12.1 Å². The number of carbonyl (C=O) groups excluding carboxylic acids is 1. The predicted octanol–water partition coefficient (Wildman–Crippen LogP) is 6.24. The molecule has 0 spiro atoms.